The number of nitrogens with one attached hydrogen (secondary N) is 2. The highest BCUT2D eigenvalue weighted by Crippen LogP contribution is 2.52. The number of benzene rings is 1. The van der Waals surface area contributed by atoms with Gasteiger partial charge in [-0.3, -0.25) is 19.3 Å². The lowest BCUT2D eigenvalue weighted by molar-refractivity contribution is -0.148. The van der Waals surface area contributed by atoms with Gasteiger partial charge in [0.15, 0.2) is 11.4 Å². The van der Waals surface area contributed by atoms with Crippen LogP contribution in [0.15, 0.2) is 34.8 Å². The number of phenols is 1. The average Bonchev–Trinajstić information content (AvgIpc) is 2.80. The monoisotopic (exact) mass is 568 g/mol. The topological polar surface area (TPSA) is 185 Å². The van der Waals surface area contributed by atoms with Gasteiger partial charge >= 0.3 is 0 Å². The number of nitrogens with zero attached hydrogens (tertiary/aromatic N) is 1. The number of phenolic OH excluding ortho intramolecular Hbond substituents is 1. The number of carbonyl (C=O) groups is 3. The molecule has 1 saturated heterocycles. The SMILES string of the molecule is CN(C)[C@@H]1C(O)=C(C(N)=O)C(=O)[C@@]2(O)C(O)=C3C(=O)c4c(ccc(NC5CC(C)(C)NC(C)(C)C5)c4O)C[C@H]3C[C@@H]12. The number of allylic oxidation sites excluding steroid dienone is 1. The summed E-state index contributed by atoms with van der Waals surface area (Å²) in [6, 6.07) is 2.52. The van der Waals surface area contributed by atoms with Crippen molar-refractivity contribution in [3.05, 3.63) is 45.9 Å². The van der Waals surface area contributed by atoms with Gasteiger partial charge in [0.25, 0.3) is 5.91 Å². The Morgan fingerprint density at radius 3 is 2.24 bits per heavy atom. The van der Waals surface area contributed by atoms with Crippen LogP contribution in [-0.2, 0) is 16.0 Å². The highest BCUT2D eigenvalue weighted by molar-refractivity contribution is 6.24. The fourth-order valence-electron chi connectivity index (χ4n) is 7.99. The van der Waals surface area contributed by atoms with Crippen LogP contribution in [0.4, 0.5) is 5.69 Å². The first-order chi connectivity index (χ1) is 18.9. The van der Waals surface area contributed by atoms with E-state index in [1.165, 1.54) is 4.90 Å². The minimum Gasteiger partial charge on any atom is -0.510 e. The number of nitrogens with two attached hydrogens (primary N) is 1. The number of ketones is 2. The number of aliphatic hydroxyl groups excluding tert-OH is 2. The van der Waals surface area contributed by atoms with E-state index in [0.29, 0.717) is 11.3 Å². The van der Waals surface area contributed by atoms with Crippen LogP contribution in [0.25, 0.3) is 0 Å². The van der Waals surface area contributed by atoms with Crippen LogP contribution in [0.5, 0.6) is 5.75 Å². The molecule has 0 unspecified atom stereocenters. The van der Waals surface area contributed by atoms with Gasteiger partial charge in [-0.15, -0.1) is 0 Å². The molecule has 4 atom stereocenters. The third-order valence-corrected chi connectivity index (χ3v) is 9.14. The molecule has 0 spiro atoms. The van der Waals surface area contributed by atoms with E-state index in [9.17, 15) is 34.8 Å². The summed E-state index contributed by atoms with van der Waals surface area (Å²) < 4.78 is 0. The van der Waals surface area contributed by atoms with Crippen LogP contribution < -0.4 is 16.4 Å². The van der Waals surface area contributed by atoms with Crippen LogP contribution in [0.1, 0.15) is 62.9 Å². The summed E-state index contributed by atoms with van der Waals surface area (Å²) >= 11 is 0. The Morgan fingerprint density at radius 1 is 1.07 bits per heavy atom. The largest absolute Gasteiger partial charge is 0.510 e. The highest BCUT2D eigenvalue weighted by atomic mass is 16.3. The van der Waals surface area contributed by atoms with Crippen molar-refractivity contribution in [1.82, 2.24) is 10.2 Å². The molecule has 41 heavy (non-hydrogen) atoms. The third-order valence-electron chi connectivity index (χ3n) is 9.14. The highest BCUT2D eigenvalue weighted by Gasteiger charge is 2.63. The number of hydrogen-bond donors (Lipinski definition) is 7. The number of carbonyl (C=O) groups excluding carboxylic acids is 3. The van der Waals surface area contributed by atoms with Crippen molar-refractivity contribution in [2.75, 3.05) is 19.4 Å². The van der Waals surface area contributed by atoms with Gasteiger partial charge in [0.05, 0.1) is 17.3 Å². The number of aromatic hydroxyl groups is 1. The number of piperidine rings is 1. The standard InChI is InChI=1S/C30H40N4O7/c1-28(2)11-15(12-29(3,4)33-28)32-17-8-7-13-9-14-10-16-21(34(5)6)24(37)20(27(31)40)26(39)30(16,41)25(38)19(14)23(36)18(13)22(17)35/h7-8,14-16,21,32-33,35,37-38,41H,9-12H2,1-6H3,(H2,31,40)/t14-,16-,21-,30-/m0/s1. The molecule has 1 aromatic rings. The first-order valence-electron chi connectivity index (χ1n) is 13.9. The molecule has 4 aliphatic rings. The summed E-state index contributed by atoms with van der Waals surface area (Å²) in [5.74, 6) is -6.53. The van der Waals surface area contributed by atoms with E-state index in [1.807, 2.05) is 0 Å². The van der Waals surface area contributed by atoms with Crippen LogP contribution >= 0.6 is 0 Å². The number of amides is 1. The second-order valence-corrected chi connectivity index (χ2v) is 13.6. The molecule has 3 aliphatic carbocycles. The summed E-state index contributed by atoms with van der Waals surface area (Å²) in [4.78, 5) is 41.1. The van der Waals surface area contributed by atoms with Gasteiger partial charge in [-0.05, 0) is 85.0 Å². The Hall–Kier alpha value is -3.41. The zero-order chi connectivity index (χ0) is 30.4. The summed E-state index contributed by atoms with van der Waals surface area (Å²) in [7, 11) is 3.20. The molecule has 1 aliphatic heterocycles. The maximum atomic E-state index is 13.9. The molecule has 0 saturated carbocycles. The molecule has 5 rings (SSSR count). The Bertz CT molecular complexity index is 1410. The lowest BCUT2D eigenvalue weighted by atomic mass is 9.58. The van der Waals surface area contributed by atoms with E-state index >= 15 is 0 Å². The van der Waals surface area contributed by atoms with Gasteiger partial charge in [-0.25, -0.2) is 0 Å². The second-order valence-electron chi connectivity index (χ2n) is 13.6. The number of anilines is 1. The first kappa shape index (κ1) is 29.1. The zero-order valence-corrected chi connectivity index (χ0v) is 24.3. The Kier molecular flexibility index (Phi) is 6.60. The van der Waals surface area contributed by atoms with Crippen molar-refractivity contribution >= 4 is 23.2 Å². The number of primary amides is 1. The third kappa shape index (κ3) is 4.41. The Balaban J connectivity index is 1.57. The van der Waals surface area contributed by atoms with E-state index in [2.05, 4.69) is 38.3 Å². The molecule has 222 valence electrons. The van der Waals surface area contributed by atoms with Gasteiger partial charge in [0, 0.05) is 28.6 Å². The van der Waals surface area contributed by atoms with Crippen molar-refractivity contribution < 1.29 is 34.8 Å². The fraction of sp³-hybridized carbons (Fsp3) is 0.567. The zero-order valence-electron chi connectivity index (χ0n) is 24.3. The van der Waals surface area contributed by atoms with Crippen LogP contribution in [0, 0.1) is 11.8 Å². The lowest BCUT2D eigenvalue weighted by Gasteiger charge is -2.50. The van der Waals surface area contributed by atoms with Crippen molar-refractivity contribution in [1.29, 1.82) is 0 Å². The summed E-state index contributed by atoms with van der Waals surface area (Å²) in [6.07, 6.45) is 1.88. The first-order valence-corrected chi connectivity index (χ1v) is 13.9. The van der Waals surface area contributed by atoms with E-state index in [4.69, 9.17) is 5.73 Å². The van der Waals surface area contributed by atoms with Crippen molar-refractivity contribution in [2.24, 2.45) is 17.6 Å². The normalized spacial score (nSPS) is 31.1. The quantitative estimate of drug-likeness (QED) is 0.209. The van der Waals surface area contributed by atoms with Crippen LogP contribution in [0.3, 0.4) is 0 Å². The van der Waals surface area contributed by atoms with Gasteiger partial charge in [-0.1, -0.05) is 6.07 Å². The molecule has 0 bridgehead atoms. The predicted molar refractivity (Wildman–Crippen MR) is 152 cm³/mol. The summed E-state index contributed by atoms with van der Waals surface area (Å²) in [6.45, 7) is 8.45. The number of rotatable bonds is 4. The maximum absolute atomic E-state index is 13.9. The number of fused-ring (bicyclic) bond motifs is 3. The minimum atomic E-state index is -2.65. The molecule has 8 N–H and O–H groups in total. The molecule has 11 nitrogen and oxygen atoms in total. The van der Waals surface area contributed by atoms with Crippen LogP contribution in [0.2, 0.25) is 0 Å². The molecular weight excluding hydrogens is 528 g/mol. The average molecular weight is 569 g/mol. The van der Waals surface area contributed by atoms with E-state index < -0.39 is 58.0 Å². The lowest BCUT2D eigenvalue weighted by Crippen LogP contribution is -2.63. The summed E-state index contributed by atoms with van der Waals surface area (Å²) in [5, 5.41) is 52.4. The van der Waals surface area contributed by atoms with Gasteiger partial charge < -0.3 is 36.8 Å². The molecule has 0 radical (unpaired) electrons. The Morgan fingerprint density at radius 2 is 1.68 bits per heavy atom. The molecule has 0 aromatic heterocycles. The van der Waals surface area contributed by atoms with Crippen molar-refractivity contribution in [2.45, 2.75) is 82.1 Å². The number of aliphatic hydroxyl groups is 3. The molecule has 1 aromatic carbocycles. The fourth-order valence-corrected chi connectivity index (χ4v) is 7.99. The van der Waals surface area contributed by atoms with Crippen molar-refractivity contribution in [3.8, 4) is 5.75 Å². The number of hydrogen-bond acceptors (Lipinski definition) is 10. The molecule has 1 heterocycles. The number of Topliss-reactive ketones (excluding diaryl/α,β-unsaturated/α-hetero) is 2. The van der Waals surface area contributed by atoms with Gasteiger partial charge in [-0.2, -0.15) is 0 Å². The van der Waals surface area contributed by atoms with Crippen molar-refractivity contribution in [3.63, 3.8) is 0 Å². The van der Waals surface area contributed by atoms with Gasteiger partial charge in [0.1, 0.15) is 22.8 Å². The number of likely N-dealkylation sites (N-methyl/N-ethyl adjacent to an activating group) is 1. The molecule has 11 heteroatoms. The predicted octanol–water partition coefficient (Wildman–Crippen LogP) is 1.84. The molecule has 1 amide bonds. The molecular formula is C30H40N4O7. The van der Waals surface area contributed by atoms with E-state index in [-0.39, 0.29) is 46.8 Å². The minimum absolute atomic E-state index is 0.00300. The van der Waals surface area contributed by atoms with E-state index in [1.54, 1.807) is 26.2 Å². The maximum Gasteiger partial charge on any atom is 0.255 e. The molecule has 1 fully saturated rings. The van der Waals surface area contributed by atoms with E-state index in [0.717, 1.165) is 12.8 Å². The second kappa shape index (κ2) is 9.30. The smallest absolute Gasteiger partial charge is 0.255 e. The summed E-state index contributed by atoms with van der Waals surface area (Å²) in [5.41, 5.74) is 2.42. The van der Waals surface area contributed by atoms with Gasteiger partial charge in [0.2, 0.25) is 5.78 Å². The Labute approximate surface area is 239 Å². The van der Waals surface area contributed by atoms with Crippen LogP contribution in [-0.4, -0.2) is 85.7 Å².